The second-order valence-electron chi connectivity index (χ2n) is 5.73. The summed E-state index contributed by atoms with van der Waals surface area (Å²) < 4.78 is 0. The molecule has 0 radical (unpaired) electrons. The minimum Gasteiger partial charge on any atom is -1.00 e. The first kappa shape index (κ1) is 28.4. The van der Waals surface area contributed by atoms with Crippen LogP contribution in [0.4, 0.5) is 0 Å². The normalized spacial score (nSPS) is 10.2. The SMILES string of the molecule is CCCCCCCC/C=C\CCCCCCCC(=O)O.[I-].[K+]. The average molecular weight is 448 g/mol. The molecule has 0 aliphatic carbocycles. The third-order valence-electron chi connectivity index (χ3n) is 3.65. The van der Waals surface area contributed by atoms with E-state index in [1.54, 1.807) is 0 Å². The van der Waals surface area contributed by atoms with Crippen molar-refractivity contribution in [2.45, 2.75) is 96.8 Å². The molecule has 0 saturated carbocycles. The van der Waals surface area contributed by atoms with Gasteiger partial charge in [0.15, 0.2) is 0 Å². The van der Waals surface area contributed by atoms with Gasteiger partial charge in [0.1, 0.15) is 0 Å². The second-order valence-corrected chi connectivity index (χ2v) is 5.73. The van der Waals surface area contributed by atoms with E-state index in [1.165, 1.54) is 70.6 Å². The summed E-state index contributed by atoms with van der Waals surface area (Å²) in [6.45, 7) is 2.26. The fraction of sp³-hybridized carbons (Fsp3) is 0.833. The molecule has 0 rings (SSSR count). The van der Waals surface area contributed by atoms with Gasteiger partial charge in [0.2, 0.25) is 0 Å². The van der Waals surface area contributed by atoms with E-state index >= 15 is 0 Å². The summed E-state index contributed by atoms with van der Waals surface area (Å²) in [7, 11) is 0. The van der Waals surface area contributed by atoms with E-state index in [9.17, 15) is 4.79 Å². The van der Waals surface area contributed by atoms with E-state index in [1.807, 2.05) is 0 Å². The molecule has 0 aromatic carbocycles. The summed E-state index contributed by atoms with van der Waals surface area (Å²) in [5.41, 5.74) is 0. The Morgan fingerprint density at radius 1 is 0.773 bits per heavy atom. The van der Waals surface area contributed by atoms with Crippen LogP contribution in [0.5, 0.6) is 0 Å². The number of carboxylic acid groups (broad SMARTS) is 1. The predicted octanol–water partition coefficient (Wildman–Crippen LogP) is 0.117. The summed E-state index contributed by atoms with van der Waals surface area (Å²) in [5.74, 6) is -0.664. The molecule has 0 aromatic heterocycles. The van der Waals surface area contributed by atoms with Crippen molar-refractivity contribution in [3.8, 4) is 0 Å². The van der Waals surface area contributed by atoms with E-state index in [0.29, 0.717) is 6.42 Å². The summed E-state index contributed by atoms with van der Waals surface area (Å²) in [6, 6.07) is 0. The predicted molar refractivity (Wildman–Crippen MR) is 87.1 cm³/mol. The number of carboxylic acids is 1. The molecule has 0 heterocycles. The zero-order valence-electron chi connectivity index (χ0n) is 14.8. The van der Waals surface area contributed by atoms with Gasteiger partial charge in [-0.2, -0.15) is 0 Å². The number of unbranched alkanes of at least 4 members (excludes halogenated alkanes) is 11. The van der Waals surface area contributed by atoms with Crippen molar-refractivity contribution in [1.82, 2.24) is 0 Å². The maximum Gasteiger partial charge on any atom is 1.00 e. The smallest absolute Gasteiger partial charge is 1.00 e. The topological polar surface area (TPSA) is 37.3 Å². The van der Waals surface area contributed by atoms with Crippen LogP contribution in [-0.4, -0.2) is 11.1 Å². The largest absolute Gasteiger partial charge is 1.00 e. The van der Waals surface area contributed by atoms with Crippen LogP contribution in [0.15, 0.2) is 12.2 Å². The molecular weight excluding hydrogens is 414 g/mol. The first-order valence-corrected chi connectivity index (χ1v) is 8.64. The van der Waals surface area contributed by atoms with Crippen LogP contribution in [0, 0.1) is 0 Å². The molecule has 0 saturated heterocycles. The summed E-state index contributed by atoms with van der Waals surface area (Å²) in [5, 5.41) is 8.51. The van der Waals surface area contributed by atoms with Gasteiger partial charge in [0, 0.05) is 6.42 Å². The molecule has 0 atom stereocenters. The number of allylic oxidation sites excluding steroid dienone is 2. The van der Waals surface area contributed by atoms with Gasteiger partial charge in [-0.3, -0.25) is 4.79 Å². The van der Waals surface area contributed by atoms with Crippen LogP contribution >= 0.6 is 0 Å². The Labute approximate surface area is 197 Å². The Hall–Kier alpha value is 1.58. The third-order valence-corrected chi connectivity index (χ3v) is 3.65. The van der Waals surface area contributed by atoms with E-state index in [0.717, 1.165) is 12.8 Å². The van der Waals surface area contributed by atoms with Gasteiger partial charge in [-0.05, 0) is 32.1 Å². The van der Waals surface area contributed by atoms with Gasteiger partial charge in [-0.15, -0.1) is 0 Å². The van der Waals surface area contributed by atoms with Crippen molar-refractivity contribution < 1.29 is 85.3 Å². The van der Waals surface area contributed by atoms with Crippen molar-refractivity contribution in [2.75, 3.05) is 0 Å². The molecule has 22 heavy (non-hydrogen) atoms. The zero-order chi connectivity index (χ0) is 14.9. The Bertz CT molecular complexity index is 245. The molecule has 126 valence electrons. The van der Waals surface area contributed by atoms with E-state index < -0.39 is 5.97 Å². The van der Waals surface area contributed by atoms with Gasteiger partial charge in [-0.25, -0.2) is 0 Å². The average Bonchev–Trinajstić information content (AvgIpc) is 2.43. The summed E-state index contributed by atoms with van der Waals surface area (Å²) in [4.78, 5) is 10.3. The number of hydrogen-bond donors (Lipinski definition) is 1. The summed E-state index contributed by atoms with van der Waals surface area (Å²) >= 11 is 0. The first-order valence-electron chi connectivity index (χ1n) is 8.64. The van der Waals surface area contributed by atoms with E-state index in [2.05, 4.69) is 19.1 Å². The van der Waals surface area contributed by atoms with E-state index in [-0.39, 0.29) is 75.4 Å². The Morgan fingerprint density at radius 3 is 1.64 bits per heavy atom. The van der Waals surface area contributed by atoms with Crippen LogP contribution in [0.2, 0.25) is 0 Å². The third kappa shape index (κ3) is 26.5. The Balaban J connectivity index is -0.00000180. The van der Waals surface area contributed by atoms with Gasteiger partial charge < -0.3 is 29.1 Å². The number of rotatable bonds is 15. The van der Waals surface area contributed by atoms with Crippen LogP contribution in [0.3, 0.4) is 0 Å². The number of halogens is 1. The second kappa shape index (κ2) is 24.8. The number of hydrogen-bond acceptors (Lipinski definition) is 1. The molecular formula is C18H34IKO2. The maximum atomic E-state index is 10.3. The molecule has 1 N–H and O–H groups in total. The molecule has 0 fully saturated rings. The van der Waals surface area contributed by atoms with Crippen molar-refractivity contribution in [2.24, 2.45) is 0 Å². The van der Waals surface area contributed by atoms with Crippen molar-refractivity contribution in [3.63, 3.8) is 0 Å². The van der Waals surface area contributed by atoms with Crippen LogP contribution in [0.1, 0.15) is 96.8 Å². The summed E-state index contributed by atoms with van der Waals surface area (Å²) in [6.07, 6.45) is 21.2. The monoisotopic (exact) mass is 448 g/mol. The molecule has 0 unspecified atom stereocenters. The van der Waals surface area contributed by atoms with Gasteiger partial charge in [0.05, 0.1) is 0 Å². The van der Waals surface area contributed by atoms with Crippen LogP contribution < -0.4 is 75.4 Å². The van der Waals surface area contributed by atoms with Crippen LogP contribution in [0.25, 0.3) is 0 Å². The Morgan fingerprint density at radius 2 is 1.18 bits per heavy atom. The Kier molecular flexibility index (Phi) is 32.0. The van der Waals surface area contributed by atoms with E-state index in [4.69, 9.17) is 5.11 Å². The minimum absolute atomic E-state index is 0. The molecule has 2 nitrogen and oxygen atoms in total. The zero-order valence-corrected chi connectivity index (χ0v) is 20.1. The van der Waals surface area contributed by atoms with Gasteiger partial charge >= 0.3 is 57.4 Å². The quantitative estimate of drug-likeness (QED) is 0.167. The standard InChI is InChI=1S/C18H34O2.HI.K/c1-2-3-4-5-6-7-8-9-10-11-12-13-14-15-16-17-18(19)20;;/h9-10H,2-8,11-17H2,1H3,(H,19,20);1H;/q;;+1/p-1/b10-9-;;. The molecule has 0 aliphatic heterocycles. The molecule has 0 aliphatic rings. The molecule has 0 amide bonds. The minimum atomic E-state index is -0.664. The molecule has 0 bridgehead atoms. The van der Waals surface area contributed by atoms with Crippen molar-refractivity contribution in [1.29, 1.82) is 0 Å². The number of aliphatic carboxylic acids is 1. The maximum absolute atomic E-state index is 10.3. The molecule has 0 spiro atoms. The fourth-order valence-corrected chi connectivity index (χ4v) is 2.35. The van der Waals surface area contributed by atoms with Gasteiger partial charge in [0.25, 0.3) is 0 Å². The van der Waals surface area contributed by atoms with Crippen LogP contribution in [-0.2, 0) is 4.79 Å². The molecule has 4 heteroatoms. The molecule has 0 aromatic rings. The fourth-order valence-electron chi connectivity index (χ4n) is 2.35. The first-order chi connectivity index (χ1) is 9.77. The van der Waals surface area contributed by atoms with Gasteiger partial charge in [-0.1, -0.05) is 70.4 Å². The number of carbonyl (C=O) groups is 1. The van der Waals surface area contributed by atoms with Crippen molar-refractivity contribution >= 4 is 5.97 Å². The van der Waals surface area contributed by atoms with Crippen molar-refractivity contribution in [3.05, 3.63) is 12.2 Å².